The number of carbonyl (C=O) groups is 2. The quantitative estimate of drug-likeness (QED) is 0.746. The minimum absolute atomic E-state index is 0.0655. The average Bonchev–Trinajstić information content (AvgIpc) is 3.08. The SMILES string of the molecule is COC(=O)C1=CN(c2c[nH]c3ccc(OC)nc23)C(O)CN1C(=O)OC(C)(C)C. The summed E-state index contributed by atoms with van der Waals surface area (Å²) in [6.45, 7) is 4.94. The number of H-pyrrole nitrogens is 1. The van der Waals surface area contributed by atoms with Gasteiger partial charge in [-0.3, -0.25) is 4.90 Å². The van der Waals surface area contributed by atoms with Gasteiger partial charge < -0.3 is 29.2 Å². The summed E-state index contributed by atoms with van der Waals surface area (Å²) in [5.74, 6) is -0.337. The first-order chi connectivity index (χ1) is 13.6. The van der Waals surface area contributed by atoms with E-state index in [4.69, 9.17) is 14.2 Å². The Morgan fingerprint density at radius 1 is 1.28 bits per heavy atom. The third-order valence-corrected chi connectivity index (χ3v) is 4.19. The van der Waals surface area contributed by atoms with E-state index >= 15 is 0 Å². The third-order valence-electron chi connectivity index (χ3n) is 4.19. The lowest BCUT2D eigenvalue weighted by molar-refractivity contribution is -0.138. The summed E-state index contributed by atoms with van der Waals surface area (Å²) in [7, 11) is 2.72. The number of anilines is 1. The number of β-amino-alcohol motifs (C(OH)–C–C–N with tert-alkyl or cyclic N) is 1. The first-order valence-electron chi connectivity index (χ1n) is 8.94. The second-order valence-electron chi connectivity index (χ2n) is 7.41. The Labute approximate surface area is 167 Å². The van der Waals surface area contributed by atoms with Crippen LogP contribution in [0.1, 0.15) is 20.8 Å². The monoisotopic (exact) mass is 404 g/mol. The number of aromatic nitrogens is 2. The second-order valence-corrected chi connectivity index (χ2v) is 7.41. The molecule has 3 rings (SSSR count). The molecule has 0 saturated carbocycles. The van der Waals surface area contributed by atoms with Gasteiger partial charge in [0.05, 0.1) is 32.0 Å². The number of aromatic amines is 1. The van der Waals surface area contributed by atoms with Crippen LogP contribution in [0, 0.1) is 0 Å². The Bertz CT molecular complexity index is 961. The molecule has 0 aliphatic carbocycles. The zero-order valence-corrected chi connectivity index (χ0v) is 16.9. The summed E-state index contributed by atoms with van der Waals surface area (Å²) in [6.07, 6.45) is 1.08. The van der Waals surface area contributed by atoms with Crippen molar-refractivity contribution in [3.8, 4) is 5.88 Å². The molecule has 0 spiro atoms. The van der Waals surface area contributed by atoms with Crippen molar-refractivity contribution in [2.75, 3.05) is 25.7 Å². The van der Waals surface area contributed by atoms with Crippen molar-refractivity contribution >= 4 is 28.8 Å². The first kappa shape index (κ1) is 20.5. The lowest BCUT2D eigenvalue weighted by Crippen LogP contribution is -2.51. The van der Waals surface area contributed by atoms with Crippen molar-refractivity contribution < 1.29 is 28.9 Å². The number of esters is 1. The van der Waals surface area contributed by atoms with Crippen LogP contribution in [0.25, 0.3) is 11.0 Å². The number of rotatable bonds is 3. The number of hydrogen-bond acceptors (Lipinski definition) is 8. The molecule has 2 aromatic heterocycles. The minimum Gasteiger partial charge on any atom is -0.481 e. The van der Waals surface area contributed by atoms with Crippen molar-refractivity contribution in [2.45, 2.75) is 32.6 Å². The van der Waals surface area contributed by atoms with Crippen LogP contribution in [0.15, 0.2) is 30.2 Å². The highest BCUT2D eigenvalue weighted by Crippen LogP contribution is 2.32. The topological polar surface area (TPSA) is 117 Å². The van der Waals surface area contributed by atoms with Crippen molar-refractivity contribution in [3.05, 3.63) is 30.2 Å². The number of hydrogen-bond donors (Lipinski definition) is 2. The van der Waals surface area contributed by atoms with Gasteiger partial charge >= 0.3 is 12.1 Å². The summed E-state index contributed by atoms with van der Waals surface area (Å²) in [6, 6.07) is 3.49. The van der Waals surface area contributed by atoms with E-state index in [2.05, 4.69) is 9.97 Å². The first-order valence-corrected chi connectivity index (χ1v) is 8.94. The Morgan fingerprint density at radius 2 is 2.00 bits per heavy atom. The van der Waals surface area contributed by atoms with Gasteiger partial charge in [0.2, 0.25) is 5.88 Å². The molecule has 10 heteroatoms. The zero-order chi connectivity index (χ0) is 21.3. The smallest absolute Gasteiger partial charge is 0.415 e. The molecule has 0 radical (unpaired) electrons. The van der Waals surface area contributed by atoms with Crippen LogP contribution in [-0.2, 0) is 14.3 Å². The van der Waals surface area contributed by atoms with E-state index in [1.807, 2.05) is 0 Å². The average molecular weight is 404 g/mol. The molecule has 3 heterocycles. The normalized spacial score (nSPS) is 17.2. The van der Waals surface area contributed by atoms with Crippen LogP contribution in [0.2, 0.25) is 0 Å². The zero-order valence-electron chi connectivity index (χ0n) is 16.9. The van der Waals surface area contributed by atoms with E-state index < -0.39 is 23.9 Å². The van der Waals surface area contributed by atoms with E-state index in [1.165, 1.54) is 25.3 Å². The number of pyridine rings is 1. The van der Waals surface area contributed by atoms with Crippen LogP contribution in [0.5, 0.6) is 5.88 Å². The van der Waals surface area contributed by atoms with Crippen LogP contribution in [-0.4, -0.2) is 64.6 Å². The van der Waals surface area contributed by atoms with Gasteiger partial charge in [-0.1, -0.05) is 0 Å². The van der Waals surface area contributed by atoms with Crippen molar-refractivity contribution in [1.82, 2.24) is 14.9 Å². The molecule has 1 aliphatic rings. The number of aliphatic hydroxyl groups excluding tert-OH is 1. The summed E-state index contributed by atoms with van der Waals surface area (Å²) < 4.78 is 15.3. The van der Waals surface area contributed by atoms with Gasteiger partial charge in [0, 0.05) is 18.5 Å². The molecule has 0 aromatic carbocycles. The Kier molecular flexibility index (Phi) is 5.38. The molecule has 1 aliphatic heterocycles. The van der Waals surface area contributed by atoms with Crippen molar-refractivity contribution in [3.63, 3.8) is 0 Å². The summed E-state index contributed by atoms with van der Waals surface area (Å²) in [5.41, 5.74) is 0.934. The van der Waals surface area contributed by atoms with Crippen LogP contribution >= 0.6 is 0 Å². The van der Waals surface area contributed by atoms with Gasteiger partial charge in [-0.05, 0) is 26.8 Å². The molecular weight excluding hydrogens is 380 g/mol. The molecule has 0 fully saturated rings. The number of fused-ring (bicyclic) bond motifs is 1. The van der Waals surface area contributed by atoms with E-state index in [1.54, 1.807) is 39.1 Å². The van der Waals surface area contributed by atoms with Crippen LogP contribution < -0.4 is 9.64 Å². The lowest BCUT2D eigenvalue weighted by atomic mass is 10.2. The number of ether oxygens (including phenoxy) is 3. The van der Waals surface area contributed by atoms with Gasteiger partial charge in [0.25, 0.3) is 0 Å². The van der Waals surface area contributed by atoms with Gasteiger partial charge in [-0.25, -0.2) is 14.6 Å². The fourth-order valence-corrected chi connectivity index (χ4v) is 2.90. The van der Waals surface area contributed by atoms with E-state index in [9.17, 15) is 14.7 Å². The number of aliphatic hydroxyl groups is 1. The fourth-order valence-electron chi connectivity index (χ4n) is 2.90. The summed E-state index contributed by atoms with van der Waals surface area (Å²) in [5, 5.41) is 10.7. The predicted octanol–water partition coefficient (Wildman–Crippen LogP) is 1.96. The number of amides is 1. The minimum atomic E-state index is -1.15. The molecule has 2 N–H and O–H groups in total. The molecule has 1 amide bonds. The van der Waals surface area contributed by atoms with Gasteiger partial charge in [-0.2, -0.15) is 0 Å². The number of nitrogens with zero attached hydrogens (tertiary/aromatic N) is 3. The summed E-state index contributed by atoms with van der Waals surface area (Å²) >= 11 is 0. The van der Waals surface area contributed by atoms with Crippen LogP contribution in [0.3, 0.4) is 0 Å². The molecule has 0 bridgehead atoms. The maximum atomic E-state index is 12.6. The Hall–Kier alpha value is -3.27. The molecule has 156 valence electrons. The lowest BCUT2D eigenvalue weighted by Gasteiger charge is -2.37. The Balaban J connectivity index is 2.04. The standard InChI is InChI=1S/C19H24N4O6/c1-19(2,3)29-18(26)23-10-15(24)22(9-13(23)17(25)28-5)12-8-20-11-6-7-14(27-4)21-16(11)12/h6-9,15,20,24H,10H2,1-5H3. The number of methoxy groups -OCH3 is 2. The summed E-state index contributed by atoms with van der Waals surface area (Å²) in [4.78, 5) is 34.9. The maximum Gasteiger partial charge on any atom is 0.415 e. The van der Waals surface area contributed by atoms with E-state index in [0.717, 1.165) is 10.4 Å². The highest BCUT2D eigenvalue weighted by atomic mass is 16.6. The molecule has 29 heavy (non-hydrogen) atoms. The maximum absolute atomic E-state index is 12.6. The molecule has 10 nitrogen and oxygen atoms in total. The highest BCUT2D eigenvalue weighted by molar-refractivity contribution is 5.95. The number of carbonyl (C=O) groups excluding carboxylic acids is 2. The van der Waals surface area contributed by atoms with Crippen molar-refractivity contribution in [1.29, 1.82) is 0 Å². The molecule has 1 unspecified atom stereocenters. The van der Waals surface area contributed by atoms with E-state index in [0.29, 0.717) is 17.1 Å². The number of nitrogens with one attached hydrogen (secondary N) is 1. The van der Waals surface area contributed by atoms with Gasteiger partial charge in [0.1, 0.15) is 23.0 Å². The highest BCUT2D eigenvalue weighted by Gasteiger charge is 2.37. The van der Waals surface area contributed by atoms with Gasteiger partial charge in [-0.15, -0.1) is 0 Å². The Morgan fingerprint density at radius 3 is 2.62 bits per heavy atom. The molecule has 1 atom stereocenters. The fraction of sp³-hybridized carbons (Fsp3) is 0.421. The van der Waals surface area contributed by atoms with E-state index in [-0.39, 0.29) is 12.2 Å². The third kappa shape index (κ3) is 4.11. The molecule has 0 saturated heterocycles. The van der Waals surface area contributed by atoms with Crippen LogP contribution in [0.4, 0.5) is 10.5 Å². The molecular formula is C19H24N4O6. The largest absolute Gasteiger partial charge is 0.481 e. The van der Waals surface area contributed by atoms with Crippen molar-refractivity contribution in [2.24, 2.45) is 0 Å². The molecule has 2 aromatic rings. The second kappa shape index (κ2) is 7.63. The van der Waals surface area contributed by atoms with Gasteiger partial charge in [0.15, 0.2) is 0 Å². The predicted molar refractivity (Wildman–Crippen MR) is 104 cm³/mol.